The van der Waals surface area contributed by atoms with Crippen LogP contribution in [0.15, 0.2) is 24.4 Å². The van der Waals surface area contributed by atoms with Crippen LogP contribution in [0.25, 0.3) is 11.3 Å². The molecule has 2 N–H and O–H groups in total. The third-order valence-electron chi connectivity index (χ3n) is 2.32. The maximum Gasteiger partial charge on any atom is 0.141 e. The Kier molecular flexibility index (Phi) is 2.94. The maximum absolute atomic E-state index is 13.0. The molecular weight excluding hydrogens is 229 g/mol. The number of aromatic nitrogens is 2. The van der Waals surface area contributed by atoms with Crippen LogP contribution >= 0.6 is 11.6 Å². The first-order valence-electron chi connectivity index (χ1n) is 4.80. The summed E-state index contributed by atoms with van der Waals surface area (Å²) in [7, 11) is 1.81. The van der Waals surface area contributed by atoms with Crippen molar-refractivity contribution < 1.29 is 4.39 Å². The first kappa shape index (κ1) is 11.1. The van der Waals surface area contributed by atoms with E-state index in [-0.39, 0.29) is 5.02 Å². The van der Waals surface area contributed by atoms with Crippen LogP contribution in [0.5, 0.6) is 0 Å². The molecule has 1 heterocycles. The monoisotopic (exact) mass is 239 g/mol. The number of hydrogen-bond acceptors (Lipinski definition) is 2. The molecule has 16 heavy (non-hydrogen) atoms. The predicted octanol–water partition coefficient (Wildman–Crippen LogP) is 2.34. The average Bonchev–Trinajstić information content (AvgIpc) is 2.63. The lowest BCUT2D eigenvalue weighted by molar-refractivity contribution is 0.628. The van der Waals surface area contributed by atoms with Crippen LogP contribution in [-0.4, -0.2) is 9.78 Å². The molecule has 1 aromatic carbocycles. The van der Waals surface area contributed by atoms with Gasteiger partial charge >= 0.3 is 0 Å². The Morgan fingerprint density at radius 3 is 2.88 bits per heavy atom. The summed E-state index contributed by atoms with van der Waals surface area (Å²) in [5, 5.41) is 4.37. The van der Waals surface area contributed by atoms with Gasteiger partial charge in [0.05, 0.1) is 10.7 Å². The standard InChI is InChI=1S/C11H11ClFN3/c1-16-6-8(5-14)11(15-16)7-2-3-10(13)9(12)4-7/h2-4,6H,5,14H2,1H3. The van der Waals surface area contributed by atoms with Crippen LogP contribution in [0.3, 0.4) is 0 Å². The summed E-state index contributed by atoms with van der Waals surface area (Å²) in [6.07, 6.45) is 1.84. The number of benzene rings is 1. The van der Waals surface area contributed by atoms with Gasteiger partial charge < -0.3 is 5.73 Å². The van der Waals surface area contributed by atoms with Gasteiger partial charge in [0.25, 0.3) is 0 Å². The van der Waals surface area contributed by atoms with Crippen LogP contribution in [-0.2, 0) is 13.6 Å². The van der Waals surface area contributed by atoms with E-state index in [1.165, 1.54) is 6.07 Å². The summed E-state index contributed by atoms with van der Waals surface area (Å²) in [6.45, 7) is 0.387. The normalized spacial score (nSPS) is 10.8. The summed E-state index contributed by atoms with van der Waals surface area (Å²) in [5.74, 6) is -0.435. The smallest absolute Gasteiger partial charge is 0.141 e. The van der Waals surface area contributed by atoms with Gasteiger partial charge in [-0.1, -0.05) is 11.6 Å². The van der Waals surface area contributed by atoms with E-state index in [0.717, 1.165) is 16.8 Å². The molecule has 0 radical (unpaired) electrons. The van der Waals surface area contributed by atoms with E-state index in [4.69, 9.17) is 17.3 Å². The van der Waals surface area contributed by atoms with Crippen LogP contribution in [0.1, 0.15) is 5.56 Å². The van der Waals surface area contributed by atoms with E-state index < -0.39 is 5.82 Å². The summed E-state index contributed by atoms with van der Waals surface area (Å²) < 4.78 is 14.7. The largest absolute Gasteiger partial charge is 0.326 e. The molecule has 0 saturated heterocycles. The Morgan fingerprint density at radius 1 is 1.50 bits per heavy atom. The van der Waals surface area contributed by atoms with Gasteiger partial charge in [0.1, 0.15) is 5.82 Å². The number of rotatable bonds is 2. The van der Waals surface area contributed by atoms with Crippen molar-refractivity contribution in [2.75, 3.05) is 0 Å². The van der Waals surface area contributed by atoms with Crippen LogP contribution in [0, 0.1) is 5.82 Å². The van der Waals surface area contributed by atoms with Crippen LogP contribution in [0.2, 0.25) is 5.02 Å². The zero-order chi connectivity index (χ0) is 11.7. The minimum Gasteiger partial charge on any atom is -0.326 e. The van der Waals surface area contributed by atoms with Crippen molar-refractivity contribution in [3.05, 3.63) is 40.8 Å². The minimum absolute atomic E-state index is 0.0890. The number of nitrogens with two attached hydrogens (primary N) is 1. The Morgan fingerprint density at radius 2 is 2.25 bits per heavy atom. The van der Waals surface area contributed by atoms with Gasteiger partial charge in [0.2, 0.25) is 0 Å². The second-order valence-electron chi connectivity index (χ2n) is 3.51. The third kappa shape index (κ3) is 1.94. The van der Waals surface area contributed by atoms with Gasteiger partial charge in [-0.3, -0.25) is 4.68 Å². The van der Waals surface area contributed by atoms with Crippen molar-refractivity contribution in [1.82, 2.24) is 9.78 Å². The molecule has 0 aliphatic heterocycles. The summed E-state index contributed by atoms with van der Waals surface area (Å²) >= 11 is 5.73. The van der Waals surface area contributed by atoms with Crippen LogP contribution < -0.4 is 5.73 Å². The second-order valence-corrected chi connectivity index (χ2v) is 3.92. The highest BCUT2D eigenvalue weighted by molar-refractivity contribution is 6.31. The lowest BCUT2D eigenvalue weighted by atomic mass is 10.1. The fourth-order valence-electron chi connectivity index (χ4n) is 1.57. The first-order valence-corrected chi connectivity index (χ1v) is 5.17. The molecule has 5 heteroatoms. The Balaban J connectivity index is 2.53. The topological polar surface area (TPSA) is 43.8 Å². The van der Waals surface area contributed by atoms with Gasteiger partial charge in [-0.05, 0) is 18.2 Å². The fraction of sp³-hybridized carbons (Fsp3) is 0.182. The summed E-state index contributed by atoms with van der Waals surface area (Å²) in [4.78, 5) is 0. The molecule has 0 fully saturated rings. The van der Waals surface area contributed by atoms with Crippen molar-refractivity contribution in [3.8, 4) is 11.3 Å². The molecule has 0 aliphatic rings. The first-order chi connectivity index (χ1) is 7.61. The zero-order valence-electron chi connectivity index (χ0n) is 8.74. The molecular formula is C11H11ClFN3. The second kappa shape index (κ2) is 4.23. The molecule has 0 aliphatic carbocycles. The lowest BCUT2D eigenvalue weighted by Gasteiger charge is -2.01. The van der Waals surface area contributed by atoms with E-state index in [1.54, 1.807) is 16.8 Å². The van der Waals surface area contributed by atoms with Gasteiger partial charge in [0, 0.05) is 30.9 Å². The average molecular weight is 240 g/mol. The molecule has 84 valence electrons. The summed E-state index contributed by atoms with van der Waals surface area (Å²) in [5.41, 5.74) is 8.03. The molecule has 0 amide bonds. The molecule has 0 atom stereocenters. The molecule has 2 aromatic rings. The molecule has 0 unspecified atom stereocenters. The van der Waals surface area contributed by atoms with Gasteiger partial charge in [-0.25, -0.2) is 4.39 Å². The zero-order valence-corrected chi connectivity index (χ0v) is 9.50. The molecule has 1 aromatic heterocycles. The van der Waals surface area contributed by atoms with Crippen molar-refractivity contribution in [2.45, 2.75) is 6.54 Å². The van der Waals surface area contributed by atoms with Crippen LogP contribution in [0.4, 0.5) is 4.39 Å². The van der Waals surface area contributed by atoms with Crippen molar-refractivity contribution >= 4 is 11.6 Å². The highest BCUT2D eigenvalue weighted by Gasteiger charge is 2.10. The number of halogens is 2. The molecule has 2 rings (SSSR count). The molecule has 3 nitrogen and oxygen atoms in total. The fourth-order valence-corrected chi connectivity index (χ4v) is 1.75. The van der Waals surface area contributed by atoms with Crippen molar-refractivity contribution in [2.24, 2.45) is 12.8 Å². The van der Waals surface area contributed by atoms with E-state index in [9.17, 15) is 4.39 Å². The van der Waals surface area contributed by atoms with E-state index in [2.05, 4.69) is 5.10 Å². The van der Waals surface area contributed by atoms with E-state index >= 15 is 0 Å². The molecule has 0 spiro atoms. The van der Waals surface area contributed by atoms with Gasteiger partial charge in [-0.2, -0.15) is 5.10 Å². The highest BCUT2D eigenvalue weighted by Crippen LogP contribution is 2.26. The predicted molar refractivity (Wildman–Crippen MR) is 61.5 cm³/mol. The van der Waals surface area contributed by atoms with E-state index in [1.807, 2.05) is 13.2 Å². The quantitative estimate of drug-likeness (QED) is 0.874. The highest BCUT2D eigenvalue weighted by atomic mass is 35.5. The van der Waals surface area contributed by atoms with Crippen molar-refractivity contribution in [3.63, 3.8) is 0 Å². The Hall–Kier alpha value is -1.39. The number of aryl methyl sites for hydroxylation is 1. The van der Waals surface area contributed by atoms with Gasteiger partial charge in [-0.15, -0.1) is 0 Å². The van der Waals surface area contributed by atoms with Gasteiger partial charge in [0.15, 0.2) is 0 Å². The Labute approximate surface area is 97.6 Å². The molecule has 0 saturated carbocycles. The third-order valence-corrected chi connectivity index (χ3v) is 2.61. The minimum atomic E-state index is -0.435. The SMILES string of the molecule is Cn1cc(CN)c(-c2ccc(F)c(Cl)c2)n1. The maximum atomic E-state index is 13.0. The number of nitrogens with zero attached hydrogens (tertiary/aromatic N) is 2. The van der Waals surface area contributed by atoms with E-state index in [0.29, 0.717) is 6.54 Å². The number of hydrogen-bond donors (Lipinski definition) is 1. The molecule has 0 bridgehead atoms. The van der Waals surface area contributed by atoms with Crippen molar-refractivity contribution in [1.29, 1.82) is 0 Å². The summed E-state index contributed by atoms with van der Waals surface area (Å²) in [6, 6.07) is 4.52. The lowest BCUT2D eigenvalue weighted by Crippen LogP contribution is -1.96. The Bertz CT molecular complexity index is 522.